The van der Waals surface area contributed by atoms with E-state index in [4.69, 9.17) is 4.65 Å². The van der Waals surface area contributed by atoms with Gasteiger partial charge in [-0.2, -0.15) is 0 Å². The lowest BCUT2D eigenvalue weighted by atomic mass is 9.66. The van der Waals surface area contributed by atoms with E-state index in [-0.39, 0.29) is 0 Å². The minimum atomic E-state index is 0.574. The quantitative estimate of drug-likeness (QED) is 0.468. The van der Waals surface area contributed by atoms with Crippen LogP contribution in [0.2, 0.25) is 12.6 Å². The van der Waals surface area contributed by atoms with Crippen molar-refractivity contribution in [2.75, 3.05) is 7.11 Å². The molecule has 1 heterocycles. The van der Waals surface area contributed by atoms with Crippen molar-refractivity contribution in [1.82, 2.24) is 0 Å². The van der Waals surface area contributed by atoms with Crippen LogP contribution in [0.4, 0.5) is 0 Å². The Labute approximate surface area is 51.5 Å². The molecule has 0 aromatic carbocycles. The third-order valence-electron chi connectivity index (χ3n) is 1.98. The molecule has 0 spiro atoms. The van der Waals surface area contributed by atoms with E-state index >= 15 is 0 Å². The molecule has 0 aromatic heterocycles. The Kier molecular flexibility index (Phi) is 1.95. The number of rotatable bonds is 1. The van der Waals surface area contributed by atoms with Crippen molar-refractivity contribution in [2.24, 2.45) is 5.92 Å². The summed E-state index contributed by atoms with van der Waals surface area (Å²) >= 11 is 0. The summed E-state index contributed by atoms with van der Waals surface area (Å²) in [6.07, 6.45) is 3.91. The summed E-state index contributed by atoms with van der Waals surface area (Å²) in [7, 11) is 1.81. The van der Waals surface area contributed by atoms with Gasteiger partial charge in [-0.25, -0.2) is 0 Å². The van der Waals surface area contributed by atoms with Gasteiger partial charge in [-0.1, -0.05) is 13.3 Å². The van der Waals surface area contributed by atoms with Crippen LogP contribution in [0.5, 0.6) is 0 Å². The lowest BCUT2D eigenvalue weighted by Crippen LogP contribution is -2.08. The molecule has 1 nitrogen and oxygen atoms in total. The summed E-state index contributed by atoms with van der Waals surface area (Å²) in [4.78, 5) is 0. The van der Waals surface area contributed by atoms with Crippen molar-refractivity contribution in [1.29, 1.82) is 0 Å². The topological polar surface area (TPSA) is 9.23 Å². The Morgan fingerprint density at radius 2 is 2.38 bits per heavy atom. The van der Waals surface area contributed by atoms with Crippen molar-refractivity contribution < 1.29 is 4.65 Å². The van der Waals surface area contributed by atoms with Crippen LogP contribution in [-0.2, 0) is 4.65 Å². The van der Waals surface area contributed by atoms with E-state index < -0.39 is 0 Å². The first-order valence-corrected chi connectivity index (χ1v) is 3.35. The molecule has 1 fully saturated rings. The zero-order valence-electron chi connectivity index (χ0n) is 5.68. The first-order chi connectivity index (χ1) is 3.83. The van der Waals surface area contributed by atoms with Gasteiger partial charge in [0.1, 0.15) is 0 Å². The Balaban J connectivity index is 2.22. The van der Waals surface area contributed by atoms with Crippen LogP contribution in [0.1, 0.15) is 13.3 Å². The van der Waals surface area contributed by atoms with Crippen LogP contribution in [-0.4, -0.2) is 14.0 Å². The lowest BCUT2D eigenvalue weighted by molar-refractivity contribution is 0.422. The minimum absolute atomic E-state index is 0.574. The van der Waals surface area contributed by atoms with Crippen LogP contribution in [0, 0.1) is 5.92 Å². The maximum atomic E-state index is 5.18. The van der Waals surface area contributed by atoms with Gasteiger partial charge >= 0.3 is 0 Å². The first kappa shape index (κ1) is 6.15. The monoisotopic (exact) mass is 112 g/mol. The molecule has 8 heavy (non-hydrogen) atoms. The van der Waals surface area contributed by atoms with Gasteiger partial charge in [0.15, 0.2) is 0 Å². The molecule has 2 heteroatoms. The van der Waals surface area contributed by atoms with Crippen molar-refractivity contribution in [2.45, 2.75) is 26.0 Å². The van der Waals surface area contributed by atoms with Gasteiger partial charge in [0.05, 0.1) is 0 Å². The fourth-order valence-electron chi connectivity index (χ4n) is 1.37. The Hall–Kier alpha value is 0.0249. The predicted octanol–water partition coefficient (Wildman–Crippen LogP) is 1.66. The number of hydrogen-bond acceptors (Lipinski definition) is 1. The van der Waals surface area contributed by atoms with Gasteiger partial charge in [-0.05, 0) is 18.6 Å². The molecular formula is C6H13BO. The fraction of sp³-hybridized carbons (Fsp3) is 1.00. The smallest absolute Gasteiger partial charge is 0.292 e. The molecule has 0 amide bonds. The predicted molar refractivity (Wildman–Crippen MR) is 36.2 cm³/mol. The van der Waals surface area contributed by atoms with Gasteiger partial charge < -0.3 is 4.65 Å². The standard InChI is InChI=1S/C6H13BO/c1-6-3-4-7(5-6)8-2/h6H,3-5H2,1-2H3. The van der Waals surface area contributed by atoms with E-state index in [1.54, 1.807) is 0 Å². The van der Waals surface area contributed by atoms with Crippen LogP contribution in [0.15, 0.2) is 0 Å². The zero-order chi connectivity index (χ0) is 5.98. The number of hydrogen-bond donors (Lipinski definition) is 0. The molecule has 1 atom stereocenters. The van der Waals surface area contributed by atoms with E-state index in [0.29, 0.717) is 6.92 Å². The van der Waals surface area contributed by atoms with Crippen molar-refractivity contribution in [3.8, 4) is 0 Å². The second-order valence-corrected chi connectivity index (χ2v) is 2.78. The molecule has 0 aliphatic carbocycles. The summed E-state index contributed by atoms with van der Waals surface area (Å²) in [6.45, 7) is 2.86. The third-order valence-corrected chi connectivity index (χ3v) is 1.98. The average Bonchev–Trinajstić information content (AvgIpc) is 2.14. The molecule has 1 saturated heterocycles. The van der Waals surface area contributed by atoms with E-state index in [1.165, 1.54) is 19.1 Å². The maximum absolute atomic E-state index is 5.18. The summed E-state index contributed by atoms with van der Waals surface area (Å²) < 4.78 is 5.18. The largest absolute Gasteiger partial charge is 0.438 e. The Morgan fingerprint density at radius 1 is 1.62 bits per heavy atom. The summed E-state index contributed by atoms with van der Waals surface area (Å²) in [6, 6.07) is 0. The Bertz CT molecular complexity index is 74.9. The SMILES string of the molecule is COB1CCC(C)C1. The van der Waals surface area contributed by atoms with Crippen LogP contribution >= 0.6 is 0 Å². The van der Waals surface area contributed by atoms with Crippen molar-refractivity contribution in [3.05, 3.63) is 0 Å². The molecule has 1 aliphatic rings. The molecule has 46 valence electrons. The summed E-state index contributed by atoms with van der Waals surface area (Å²) in [5.41, 5.74) is 0. The van der Waals surface area contributed by atoms with Crippen molar-refractivity contribution >= 4 is 6.92 Å². The summed E-state index contributed by atoms with van der Waals surface area (Å²) in [5, 5.41) is 0. The molecule has 0 aromatic rings. The fourth-order valence-corrected chi connectivity index (χ4v) is 1.37. The van der Waals surface area contributed by atoms with E-state index in [9.17, 15) is 0 Å². The normalized spacial score (nSPS) is 29.2. The highest BCUT2D eigenvalue weighted by molar-refractivity contribution is 6.52. The van der Waals surface area contributed by atoms with Gasteiger partial charge in [0.2, 0.25) is 0 Å². The van der Waals surface area contributed by atoms with Gasteiger partial charge in [-0.15, -0.1) is 0 Å². The molecule has 1 unspecified atom stereocenters. The van der Waals surface area contributed by atoms with E-state index in [2.05, 4.69) is 6.92 Å². The molecular weight excluding hydrogens is 98.9 g/mol. The zero-order valence-corrected chi connectivity index (χ0v) is 5.68. The highest BCUT2D eigenvalue weighted by atomic mass is 16.4. The highest BCUT2D eigenvalue weighted by Gasteiger charge is 2.24. The molecule has 0 bridgehead atoms. The van der Waals surface area contributed by atoms with Crippen LogP contribution < -0.4 is 0 Å². The van der Waals surface area contributed by atoms with Crippen LogP contribution in [0.25, 0.3) is 0 Å². The van der Waals surface area contributed by atoms with Gasteiger partial charge in [0, 0.05) is 7.11 Å². The molecule has 0 radical (unpaired) electrons. The van der Waals surface area contributed by atoms with E-state index in [0.717, 1.165) is 5.92 Å². The van der Waals surface area contributed by atoms with Crippen LogP contribution in [0.3, 0.4) is 0 Å². The third kappa shape index (κ3) is 1.25. The van der Waals surface area contributed by atoms with Gasteiger partial charge in [0.25, 0.3) is 6.92 Å². The highest BCUT2D eigenvalue weighted by Crippen LogP contribution is 2.25. The molecule has 1 aliphatic heterocycles. The summed E-state index contributed by atoms with van der Waals surface area (Å²) in [5.74, 6) is 0.903. The Morgan fingerprint density at radius 3 is 2.62 bits per heavy atom. The van der Waals surface area contributed by atoms with Crippen molar-refractivity contribution in [3.63, 3.8) is 0 Å². The van der Waals surface area contributed by atoms with E-state index in [1.807, 2.05) is 7.11 Å². The lowest BCUT2D eigenvalue weighted by Gasteiger charge is -1.99. The molecule has 1 rings (SSSR count). The average molecular weight is 112 g/mol. The second kappa shape index (κ2) is 2.54. The first-order valence-electron chi connectivity index (χ1n) is 3.35. The second-order valence-electron chi connectivity index (χ2n) is 2.78. The maximum Gasteiger partial charge on any atom is 0.292 e. The molecule has 0 N–H and O–H groups in total. The minimum Gasteiger partial charge on any atom is -0.438 e. The van der Waals surface area contributed by atoms with Gasteiger partial charge in [-0.3, -0.25) is 0 Å². The molecule has 0 saturated carbocycles.